The molecular weight excluding hydrogens is 172 g/mol. The monoisotopic (exact) mass is 200 g/mol. The lowest BCUT2D eigenvalue weighted by molar-refractivity contribution is 0.200. The van der Waals surface area contributed by atoms with Crippen LogP contribution in [0.1, 0.15) is 41.0 Å². The van der Waals surface area contributed by atoms with Gasteiger partial charge in [-0.05, 0) is 46.3 Å². The molecule has 0 bridgehead atoms. The molecule has 2 heteroatoms. The number of nitrogens with zero attached hydrogens (tertiary/aromatic N) is 1. The van der Waals surface area contributed by atoms with Gasteiger partial charge in [0.05, 0.1) is 0 Å². The quantitative estimate of drug-likeness (QED) is 0.678. The molecular formula is C12H28N2. The lowest BCUT2D eigenvalue weighted by atomic mass is 10.0. The first-order valence-corrected chi connectivity index (χ1v) is 5.92. The smallest absolute Gasteiger partial charge is 0.00868 e. The lowest BCUT2D eigenvalue weighted by Crippen LogP contribution is -2.37. The average Bonchev–Trinajstić information content (AvgIpc) is 2.13. The fourth-order valence-corrected chi connectivity index (χ4v) is 1.56. The molecule has 0 aliphatic heterocycles. The zero-order valence-corrected chi connectivity index (χ0v) is 10.8. The second kappa shape index (κ2) is 7.24. The van der Waals surface area contributed by atoms with E-state index in [2.05, 4.69) is 51.9 Å². The second-order valence-electron chi connectivity index (χ2n) is 4.71. The van der Waals surface area contributed by atoms with Crippen LogP contribution in [-0.4, -0.2) is 37.1 Å². The summed E-state index contributed by atoms with van der Waals surface area (Å²) >= 11 is 0. The van der Waals surface area contributed by atoms with Crippen molar-refractivity contribution in [3.8, 4) is 0 Å². The van der Waals surface area contributed by atoms with Crippen LogP contribution in [0.25, 0.3) is 0 Å². The van der Waals surface area contributed by atoms with Crippen molar-refractivity contribution in [2.24, 2.45) is 5.92 Å². The van der Waals surface area contributed by atoms with Crippen molar-refractivity contribution < 1.29 is 0 Å². The summed E-state index contributed by atoms with van der Waals surface area (Å²) in [6.07, 6.45) is 1.24. The van der Waals surface area contributed by atoms with E-state index in [1.807, 2.05) is 0 Å². The van der Waals surface area contributed by atoms with Gasteiger partial charge in [-0.2, -0.15) is 0 Å². The van der Waals surface area contributed by atoms with E-state index >= 15 is 0 Å². The summed E-state index contributed by atoms with van der Waals surface area (Å²) < 4.78 is 0. The molecule has 0 heterocycles. The van der Waals surface area contributed by atoms with Crippen molar-refractivity contribution in [3.63, 3.8) is 0 Å². The van der Waals surface area contributed by atoms with E-state index in [4.69, 9.17) is 0 Å². The highest BCUT2D eigenvalue weighted by Crippen LogP contribution is 2.08. The van der Waals surface area contributed by atoms with Gasteiger partial charge in [0, 0.05) is 12.1 Å². The molecule has 0 aromatic rings. The molecule has 14 heavy (non-hydrogen) atoms. The van der Waals surface area contributed by atoms with Gasteiger partial charge >= 0.3 is 0 Å². The predicted molar refractivity (Wildman–Crippen MR) is 64.7 cm³/mol. The van der Waals surface area contributed by atoms with Gasteiger partial charge in [-0.1, -0.05) is 20.8 Å². The van der Waals surface area contributed by atoms with Crippen LogP contribution in [-0.2, 0) is 0 Å². The number of hydrogen-bond donors (Lipinski definition) is 1. The van der Waals surface area contributed by atoms with Gasteiger partial charge in [-0.15, -0.1) is 0 Å². The Morgan fingerprint density at radius 1 is 1.14 bits per heavy atom. The highest BCUT2D eigenvalue weighted by atomic mass is 15.1. The summed E-state index contributed by atoms with van der Waals surface area (Å²) in [4.78, 5) is 2.46. The third-order valence-electron chi connectivity index (χ3n) is 3.13. The fraction of sp³-hybridized carbons (Fsp3) is 1.00. The Hall–Kier alpha value is -0.0800. The zero-order valence-electron chi connectivity index (χ0n) is 10.8. The molecule has 2 unspecified atom stereocenters. The van der Waals surface area contributed by atoms with Crippen LogP contribution >= 0.6 is 0 Å². The highest BCUT2D eigenvalue weighted by Gasteiger charge is 2.13. The first-order valence-electron chi connectivity index (χ1n) is 5.92. The molecule has 0 rings (SSSR count). The first kappa shape index (κ1) is 13.9. The van der Waals surface area contributed by atoms with Gasteiger partial charge in [0.1, 0.15) is 0 Å². The normalized spacial score (nSPS) is 16.3. The van der Waals surface area contributed by atoms with Gasteiger partial charge in [0.2, 0.25) is 0 Å². The molecule has 0 spiro atoms. The Labute approximate surface area is 90.1 Å². The summed E-state index contributed by atoms with van der Waals surface area (Å²) in [6, 6.07) is 1.32. The molecule has 0 fully saturated rings. The molecule has 0 saturated heterocycles. The van der Waals surface area contributed by atoms with Crippen molar-refractivity contribution in [3.05, 3.63) is 0 Å². The van der Waals surface area contributed by atoms with Crippen molar-refractivity contribution in [2.75, 3.05) is 20.1 Å². The van der Waals surface area contributed by atoms with Crippen LogP contribution < -0.4 is 5.32 Å². The third-order valence-corrected chi connectivity index (χ3v) is 3.13. The fourth-order valence-electron chi connectivity index (χ4n) is 1.56. The van der Waals surface area contributed by atoms with Crippen molar-refractivity contribution in [1.82, 2.24) is 10.2 Å². The Morgan fingerprint density at radius 2 is 1.71 bits per heavy atom. The van der Waals surface area contributed by atoms with Gasteiger partial charge < -0.3 is 10.2 Å². The third kappa shape index (κ3) is 5.61. The van der Waals surface area contributed by atoms with Crippen molar-refractivity contribution >= 4 is 0 Å². The van der Waals surface area contributed by atoms with Gasteiger partial charge in [0.25, 0.3) is 0 Å². The maximum absolute atomic E-state index is 3.44. The summed E-state index contributed by atoms with van der Waals surface area (Å²) in [7, 11) is 2.23. The summed E-state index contributed by atoms with van der Waals surface area (Å²) in [5, 5.41) is 3.44. The minimum Gasteiger partial charge on any atom is -0.314 e. The molecule has 0 aliphatic rings. The van der Waals surface area contributed by atoms with E-state index in [9.17, 15) is 0 Å². The van der Waals surface area contributed by atoms with Crippen molar-refractivity contribution in [2.45, 2.75) is 53.1 Å². The molecule has 0 aromatic heterocycles. The molecule has 86 valence electrons. The molecule has 2 atom stereocenters. The molecule has 0 aliphatic carbocycles. The molecule has 0 saturated carbocycles. The first-order chi connectivity index (χ1) is 6.49. The number of rotatable bonds is 7. The van der Waals surface area contributed by atoms with Crippen LogP contribution in [0.5, 0.6) is 0 Å². The SMILES string of the molecule is CCNC(C)CCN(C)C(C)C(C)C. The predicted octanol–water partition coefficient (Wildman–Crippen LogP) is 2.35. The number of nitrogens with one attached hydrogen (secondary N) is 1. The Kier molecular flexibility index (Phi) is 7.20. The highest BCUT2D eigenvalue weighted by molar-refractivity contribution is 4.69. The van der Waals surface area contributed by atoms with Gasteiger partial charge in [-0.25, -0.2) is 0 Å². The molecule has 1 N–H and O–H groups in total. The molecule has 0 radical (unpaired) electrons. The van der Waals surface area contributed by atoms with Crippen LogP contribution in [0.15, 0.2) is 0 Å². The minimum atomic E-state index is 0.641. The van der Waals surface area contributed by atoms with Crippen LogP contribution in [0, 0.1) is 5.92 Å². The van der Waals surface area contributed by atoms with Crippen LogP contribution in [0.3, 0.4) is 0 Å². The average molecular weight is 200 g/mol. The van der Waals surface area contributed by atoms with Crippen LogP contribution in [0.2, 0.25) is 0 Å². The zero-order chi connectivity index (χ0) is 11.1. The van der Waals surface area contributed by atoms with E-state index in [1.54, 1.807) is 0 Å². The Balaban J connectivity index is 3.67. The maximum atomic E-state index is 3.44. The van der Waals surface area contributed by atoms with Gasteiger partial charge in [0.15, 0.2) is 0 Å². The molecule has 0 aromatic carbocycles. The van der Waals surface area contributed by atoms with Gasteiger partial charge in [-0.3, -0.25) is 0 Å². The standard InChI is InChI=1S/C12H28N2/c1-7-13-11(4)8-9-14(6)12(5)10(2)3/h10-13H,7-9H2,1-6H3. The molecule has 2 nitrogen and oxygen atoms in total. The Morgan fingerprint density at radius 3 is 2.14 bits per heavy atom. The van der Waals surface area contributed by atoms with E-state index in [1.165, 1.54) is 13.0 Å². The largest absolute Gasteiger partial charge is 0.314 e. The summed E-state index contributed by atoms with van der Waals surface area (Å²) in [6.45, 7) is 13.6. The van der Waals surface area contributed by atoms with E-state index in [-0.39, 0.29) is 0 Å². The lowest BCUT2D eigenvalue weighted by Gasteiger charge is -2.28. The molecule has 0 amide bonds. The summed E-state index contributed by atoms with van der Waals surface area (Å²) in [5.41, 5.74) is 0. The van der Waals surface area contributed by atoms with Crippen molar-refractivity contribution in [1.29, 1.82) is 0 Å². The maximum Gasteiger partial charge on any atom is 0.00868 e. The minimum absolute atomic E-state index is 0.641. The number of hydrogen-bond acceptors (Lipinski definition) is 2. The topological polar surface area (TPSA) is 15.3 Å². The second-order valence-corrected chi connectivity index (χ2v) is 4.71. The summed E-state index contributed by atoms with van der Waals surface area (Å²) in [5.74, 6) is 0.745. The van der Waals surface area contributed by atoms with E-state index in [0.717, 1.165) is 12.5 Å². The van der Waals surface area contributed by atoms with E-state index in [0.29, 0.717) is 12.1 Å². The van der Waals surface area contributed by atoms with Crippen LogP contribution in [0.4, 0.5) is 0 Å². The van der Waals surface area contributed by atoms with E-state index < -0.39 is 0 Å². The Bertz CT molecular complexity index is 134.